The van der Waals surface area contributed by atoms with Crippen LogP contribution in [0.3, 0.4) is 0 Å². The maximum absolute atomic E-state index is 13.2. The number of benzene rings is 1. The summed E-state index contributed by atoms with van der Waals surface area (Å²) in [6.45, 7) is -0.631. The van der Waals surface area contributed by atoms with Crippen molar-refractivity contribution < 1.29 is 39.3 Å². The summed E-state index contributed by atoms with van der Waals surface area (Å²) in [5, 5.41) is 35.4. The van der Waals surface area contributed by atoms with Crippen molar-refractivity contribution >= 4 is 52.3 Å². The molecule has 0 bridgehead atoms. The van der Waals surface area contributed by atoms with Gasteiger partial charge in [0.25, 0.3) is 0 Å². The molecule has 13 nitrogen and oxygen atoms in total. The molecule has 0 aliphatic carbocycles. The maximum atomic E-state index is 13.2. The lowest BCUT2D eigenvalue weighted by Gasteiger charge is -2.25. The number of fused-ring (bicyclic) bond motifs is 1. The van der Waals surface area contributed by atoms with Crippen LogP contribution >= 0.6 is 11.8 Å². The Kier molecular flexibility index (Phi) is 11.4. The van der Waals surface area contributed by atoms with Gasteiger partial charge in [0.15, 0.2) is 0 Å². The molecule has 2 rings (SSSR count). The number of aliphatic hydroxyl groups excluding tert-OH is 1. The Labute approximate surface area is 216 Å². The van der Waals surface area contributed by atoms with E-state index in [9.17, 15) is 29.1 Å². The summed E-state index contributed by atoms with van der Waals surface area (Å²) in [6, 6.07) is 1.86. The lowest BCUT2D eigenvalue weighted by atomic mass is 10.0. The molecule has 202 valence electrons. The number of carboxylic acids is 2. The molecule has 0 fully saturated rings. The lowest BCUT2D eigenvalue weighted by molar-refractivity contribution is -0.147. The summed E-state index contributed by atoms with van der Waals surface area (Å²) in [6.07, 6.45) is 2.73. The molecule has 0 saturated heterocycles. The first-order valence-electron chi connectivity index (χ1n) is 11.3. The van der Waals surface area contributed by atoms with Gasteiger partial charge in [-0.3, -0.25) is 19.2 Å². The van der Waals surface area contributed by atoms with Gasteiger partial charge in [-0.2, -0.15) is 11.8 Å². The number of carboxylic acid groups (broad SMARTS) is 2. The van der Waals surface area contributed by atoms with E-state index in [1.54, 1.807) is 24.6 Å². The number of H-pyrrole nitrogens is 1. The normalized spacial score (nSPS) is 14.2. The Balaban J connectivity index is 2.32. The number of carbonyl (C=O) groups is 5. The molecule has 1 heterocycles. The van der Waals surface area contributed by atoms with E-state index >= 15 is 0 Å². The molecule has 2 aromatic rings. The van der Waals surface area contributed by atoms with E-state index < -0.39 is 66.9 Å². The largest absolute Gasteiger partial charge is 0.481 e. The Morgan fingerprint density at radius 2 is 1.59 bits per heavy atom. The second kappa shape index (κ2) is 14.2. The van der Waals surface area contributed by atoms with E-state index in [0.717, 1.165) is 10.9 Å². The third-order valence-corrected chi connectivity index (χ3v) is 6.15. The van der Waals surface area contributed by atoms with Crippen molar-refractivity contribution in [1.29, 1.82) is 0 Å². The predicted molar refractivity (Wildman–Crippen MR) is 136 cm³/mol. The van der Waals surface area contributed by atoms with Gasteiger partial charge in [0.1, 0.15) is 24.2 Å². The molecule has 3 amide bonds. The molecule has 0 radical (unpaired) electrons. The van der Waals surface area contributed by atoms with Crippen LogP contribution in [0.15, 0.2) is 30.5 Å². The number of aromatic amines is 1. The monoisotopic (exact) mass is 537 g/mol. The zero-order chi connectivity index (χ0) is 27.5. The lowest BCUT2D eigenvalue weighted by Crippen LogP contribution is -2.58. The quantitative estimate of drug-likeness (QED) is 0.135. The van der Waals surface area contributed by atoms with Crippen LogP contribution < -0.4 is 21.7 Å². The van der Waals surface area contributed by atoms with Crippen LogP contribution in [0.1, 0.15) is 18.4 Å². The Morgan fingerprint density at radius 1 is 0.973 bits per heavy atom. The zero-order valence-corrected chi connectivity index (χ0v) is 20.9. The second-order valence-corrected chi connectivity index (χ2v) is 9.24. The van der Waals surface area contributed by atoms with Crippen molar-refractivity contribution in [3.63, 3.8) is 0 Å². The summed E-state index contributed by atoms with van der Waals surface area (Å²) >= 11 is 1.42. The highest BCUT2D eigenvalue weighted by atomic mass is 32.2. The number of aliphatic hydroxyl groups is 1. The average Bonchev–Trinajstić information content (AvgIpc) is 3.27. The summed E-state index contributed by atoms with van der Waals surface area (Å²) in [5.74, 6) is -4.88. The molecular weight excluding hydrogens is 506 g/mol. The third kappa shape index (κ3) is 8.77. The first-order chi connectivity index (χ1) is 17.6. The summed E-state index contributed by atoms with van der Waals surface area (Å²) in [4.78, 5) is 64.1. The molecule has 1 aromatic heterocycles. The molecule has 14 heteroatoms. The van der Waals surface area contributed by atoms with Gasteiger partial charge >= 0.3 is 11.9 Å². The fourth-order valence-electron chi connectivity index (χ4n) is 3.52. The van der Waals surface area contributed by atoms with Crippen molar-refractivity contribution in [2.24, 2.45) is 5.73 Å². The van der Waals surface area contributed by atoms with Gasteiger partial charge < -0.3 is 42.0 Å². The summed E-state index contributed by atoms with van der Waals surface area (Å²) < 4.78 is 0. The molecule has 1 aromatic carbocycles. The van der Waals surface area contributed by atoms with Crippen LogP contribution in [0.25, 0.3) is 10.9 Å². The van der Waals surface area contributed by atoms with Crippen LogP contribution in [0.4, 0.5) is 0 Å². The number of para-hydroxylation sites is 1. The van der Waals surface area contributed by atoms with Crippen molar-refractivity contribution in [2.45, 2.75) is 43.4 Å². The zero-order valence-electron chi connectivity index (χ0n) is 20.1. The van der Waals surface area contributed by atoms with Gasteiger partial charge in [-0.25, -0.2) is 4.79 Å². The number of carbonyl (C=O) groups excluding carboxylic acids is 3. The molecule has 0 aliphatic rings. The van der Waals surface area contributed by atoms with Gasteiger partial charge in [0.2, 0.25) is 17.7 Å². The van der Waals surface area contributed by atoms with Crippen LogP contribution in [0.2, 0.25) is 0 Å². The average molecular weight is 538 g/mol. The van der Waals surface area contributed by atoms with Gasteiger partial charge in [0, 0.05) is 23.5 Å². The van der Waals surface area contributed by atoms with Crippen molar-refractivity contribution in [1.82, 2.24) is 20.9 Å². The number of hydrogen-bond acceptors (Lipinski definition) is 8. The first kappa shape index (κ1) is 29.6. The smallest absolute Gasteiger partial charge is 0.326 e. The van der Waals surface area contributed by atoms with Crippen molar-refractivity contribution in [3.05, 3.63) is 36.0 Å². The van der Waals surface area contributed by atoms with E-state index in [-0.39, 0.29) is 12.8 Å². The van der Waals surface area contributed by atoms with E-state index in [4.69, 9.17) is 15.9 Å². The molecule has 4 atom stereocenters. The van der Waals surface area contributed by atoms with Crippen LogP contribution in [-0.4, -0.2) is 92.7 Å². The highest BCUT2D eigenvalue weighted by Crippen LogP contribution is 2.19. The first-order valence-corrected chi connectivity index (χ1v) is 12.7. The minimum absolute atomic E-state index is 0.0552. The van der Waals surface area contributed by atoms with Crippen LogP contribution in [0, 0.1) is 0 Å². The molecule has 0 spiro atoms. The Morgan fingerprint density at radius 3 is 2.22 bits per heavy atom. The minimum Gasteiger partial charge on any atom is -0.481 e. The highest BCUT2D eigenvalue weighted by molar-refractivity contribution is 7.98. The van der Waals surface area contributed by atoms with Crippen molar-refractivity contribution in [3.8, 4) is 0 Å². The molecule has 9 N–H and O–H groups in total. The van der Waals surface area contributed by atoms with Gasteiger partial charge in [-0.05, 0) is 30.1 Å². The van der Waals surface area contributed by atoms with Gasteiger partial charge in [-0.1, -0.05) is 18.2 Å². The number of thioether (sulfide) groups is 1. The van der Waals surface area contributed by atoms with E-state index in [0.29, 0.717) is 11.3 Å². The number of rotatable bonds is 15. The number of aliphatic carboxylic acids is 2. The number of hydrogen-bond donors (Lipinski definition) is 8. The van der Waals surface area contributed by atoms with Crippen LogP contribution in [-0.2, 0) is 30.4 Å². The van der Waals surface area contributed by atoms with E-state index in [1.165, 1.54) is 11.8 Å². The summed E-state index contributed by atoms with van der Waals surface area (Å²) in [7, 11) is 0. The molecule has 0 aliphatic heterocycles. The standard InChI is InChI=1S/C23H31N5O8S/c1-37-7-6-16(26-20(32)14(24)11-29)21(33)27-17(22(34)28-18(23(35)36)9-19(30)31)8-12-10-25-15-5-3-2-4-13(12)15/h2-5,10,14,16-18,25,29H,6-9,11,24H2,1H3,(H,26,32)(H,27,33)(H,28,34)(H,30,31)(H,35,36). The number of amides is 3. The fourth-order valence-corrected chi connectivity index (χ4v) is 3.99. The number of nitrogens with two attached hydrogens (primary N) is 1. The Hall–Kier alpha value is -3.62. The number of aromatic nitrogens is 1. The minimum atomic E-state index is -1.72. The van der Waals surface area contributed by atoms with Crippen molar-refractivity contribution in [2.75, 3.05) is 18.6 Å². The summed E-state index contributed by atoms with van der Waals surface area (Å²) in [5.41, 5.74) is 6.96. The molecular formula is C23H31N5O8S. The van der Waals surface area contributed by atoms with Gasteiger partial charge in [-0.15, -0.1) is 0 Å². The highest BCUT2D eigenvalue weighted by Gasteiger charge is 2.31. The molecule has 4 unspecified atom stereocenters. The Bertz CT molecular complexity index is 1120. The van der Waals surface area contributed by atoms with E-state index in [2.05, 4.69) is 20.9 Å². The molecule has 0 saturated carbocycles. The predicted octanol–water partition coefficient (Wildman–Crippen LogP) is -1.20. The molecule has 37 heavy (non-hydrogen) atoms. The van der Waals surface area contributed by atoms with E-state index in [1.807, 2.05) is 12.1 Å². The second-order valence-electron chi connectivity index (χ2n) is 8.25. The third-order valence-electron chi connectivity index (χ3n) is 5.50. The topological polar surface area (TPSA) is 224 Å². The maximum Gasteiger partial charge on any atom is 0.326 e. The SMILES string of the molecule is CSCCC(NC(=O)C(N)CO)C(=O)NC(Cc1c[nH]c2ccccc12)C(=O)NC(CC(=O)O)C(=O)O. The number of nitrogens with one attached hydrogen (secondary N) is 4. The van der Waals surface area contributed by atoms with Gasteiger partial charge in [0.05, 0.1) is 13.0 Å². The van der Waals surface area contributed by atoms with Crippen LogP contribution in [0.5, 0.6) is 0 Å². The fraction of sp³-hybridized carbons (Fsp3) is 0.435.